The highest BCUT2D eigenvalue weighted by Crippen LogP contribution is 2.26. The van der Waals surface area contributed by atoms with Gasteiger partial charge in [-0.1, -0.05) is 24.6 Å². The smallest absolute Gasteiger partial charge is 0.0307 e. The lowest BCUT2D eigenvalue weighted by Gasteiger charge is -2.45. The van der Waals surface area contributed by atoms with Gasteiger partial charge in [-0.25, -0.2) is 0 Å². The topological polar surface area (TPSA) is 29.3 Å². The third-order valence-electron chi connectivity index (χ3n) is 5.15. The molecule has 2 rings (SSSR count). The molecule has 0 amide bonds. The van der Waals surface area contributed by atoms with Crippen LogP contribution in [0.5, 0.6) is 0 Å². The molecule has 0 radical (unpaired) electrons. The molecule has 2 heteroatoms. The summed E-state index contributed by atoms with van der Waals surface area (Å²) in [6, 6.07) is 6.71. The van der Waals surface area contributed by atoms with Crippen LogP contribution in [0.25, 0.3) is 0 Å². The second kappa shape index (κ2) is 6.28. The number of nitrogens with two attached hydrogens (primary N) is 1. The number of nitrogens with zero attached hydrogens (tertiary/aromatic N) is 1. The molecule has 1 aromatic rings. The van der Waals surface area contributed by atoms with Gasteiger partial charge in [-0.15, -0.1) is 0 Å². The van der Waals surface area contributed by atoms with Crippen LogP contribution in [-0.2, 0) is 6.42 Å². The SMILES string of the molecule is Cc1cccc(C)c1CC(N)C(C)(C)N1CCCCC1. The minimum absolute atomic E-state index is 0.0785. The summed E-state index contributed by atoms with van der Waals surface area (Å²) in [5.41, 5.74) is 10.9. The van der Waals surface area contributed by atoms with E-state index in [9.17, 15) is 0 Å². The van der Waals surface area contributed by atoms with E-state index in [2.05, 4.69) is 50.8 Å². The zero-order valence-corrected chi connectivity index (χ0v) is 13.6. The van der Waals surface area contributed by atoms with Gasteiger partial charge in [-0.05, 0) is 76.7 Å². The Morgan fingerprint density at radius 3 is 2.20 bits per heavy atom. The number of piperidine rings is 1. The summed E-state index contributed by atoms with van der Waals surface area (Å²) in [6.45, 7) is 11.4. The highest BCUT2D eigenvalue weighted by Gasteiger charge is 2.34. The quantitative estimate of drug-likeness (QED) is 0.911. The normalized spacial score (nSPS) is 19.1. The second-order valence-corrected chi connectivity index (χ2v) is 6.88. The third kappa shape index (κ3) is 3.24. The maximum Gasteiger partial charge on any atom is 0.0307 e. The van der Waals surface area contributed by atoms with Crippen LogP contribution in [0, 0.1) is 13.8 Å². The molecule has 2 nitrogen and oxygen atoms in total. The Bertz CT molecular complexity index is 424. The van der Waals surface area contributed by atoms with E-state index in [0.29, 0.717) is 0 Å². The highest BCUT2D eigenvalue weighted by molar-refractivity contribution is 5.34. The fourth-order valence-corrected chi connectivity index (χ4v) is 3.35. The minimum atomic E-state index is 0.0785. The number of rotatable bonds is 4. The maximum absolute atomic E-state index is 6.61. The van der Waals surface area contributed by atoms with E-state index in [1.807, 2.05) is 0 Å². The molecule has 1 atom stereocenters. The van der Waals surface area contributed by atoms with E-state index in [1.165, 1.54) is 49.0 Å². The molecule has 0 aliphatic carbocycles. The predicted octanol–water partition coefficient (Wildman–Crippen LogP) is 3.44. The van der Waals surface area contributed by atoms with E-state index in [1.54, 1.807) is 0 Å². The monoisotopic (exact) mass is 274 g/mol. The maximum atomic E-state index is 6.61. The van der Waals surface area contributed by atoms with Crippen LogP contribution in [0.15, 0.2) is 18.2 Å². The molecule has 112 valence electrons. The average molecular weight is 274 g/mol. The van der Waals surface area contributed by atoms with Gasteiger partial charge in [0, 0.05) is 11.6 Å². The van der Waals surface area contributed by atoms with Gasteiger partial charge >= 0.3 is 0 Å². The largest absolute Gasteiger partial charge is 0.326 e. The molecule has 1 aliphatic heterocycles. The van der Waals surface area contributed by atoms with Crippen LogP contribution in [0.2, 0.25) is 0 Å². The zero-order chi connectivity index (χ0) is 14.8. The van der Waals surface area contributed by atoms with Crippen molar-refractivity contribution in [3.8, 4) is 0 Å². The molecule has 0 bridgehead atoms. The second-order valence-electron chi connectivity index (χ2n) is 6.88. The van der Waals surface area contributed by atoms with Crippen LogP contribution in [-0.4, -0.2) is 29.6 Å². The molecule has 1 saturated heterocycles. The summed E-state index contributed by atoms with van der Waals surface area (Å²) in [5.74, 6) is 0. The fraction of sp³-hybridized carbons (Fsp3) is 0.667. The highest BCUT2D eigenvalue weighted by atomic mass is 15.2. The van der Waals surface area contributed by atoms with Gasteiger partial charge in [-0.3, -0.25) is 4.90 Å². The van der Waals surface area contributed by atoms with Crippen LogP contribution >= 0.6 is 0 Å². The summed E-state index contributed by atoms with van der Waals surface area (Å²) in [4.78, 5) is 2.59. The Labute approximate surface area is 124 Å². The van der Waals surface area contributed by atoms with Gasteiger partial charge in [0.15, 0.2) is 0 Å². The standard InChI is InChI=1S/C18H30N2/c1-14-9-8-10-15(2)16(14)13-17(19)18(3,4)20-11-6-5-7-12-20/h8-10,17H,5-7,11-13,19H2,1-4H3. The summed E-state index contributed by atoms with van der Waals surface area (Å²) >= 11 is 0. The Hall–Kier alpha value is -0.860. The van der Waals surface area contributed by atoms with Crippen LogP contribution in [0.1, 0.15) is 49.8 Å². The van der Waals surface area contributed by atoms with Crippen molar-refractivity contribution in [2.45, 2.75) is 65.0 Å². The molecule has 0 aromatic heterocycles. The Balaban J connectivity index is 2.12. The van der Waals surface area contributed by atoms with Gasteiger partial charge in [0.05, 0.1) is 0 Å². The van der Waals surface area contributed by atoms with E-state index >= 15 is 0 Å². The lowest BCUT2D eigenvalue weighted by molar-refractivity contribution is 0.0730. The van der Waals surface area contributed by atoms with Crippen LogP contribution in [0.3, 0.4) is 0 Å². The van der Waals surface area contributed by atoms with Gasteiger partial charge in [0.25, 0.3) is 0 Å². The molecule has 1 heterocycles. The molecular weight excluding hydrogens is 244 g/mol. The molecule has 1 unspecified atom stereocenters. The number of hydrogen-bond donors (Lipinski definition) is 1. The lowest BCUT2D eigenvalue weighted by atomic mass is 9.84. The molecule has 1 aliphatic rings. The average Bonchev–Trinajstić information content (AvgIpc) is 2.43. The molecule has 1 aromatic carbocycles. The number of hydrogen-bond acceptors (Lipinski definition) is 2. The summed E-state index contributed by atoms with van der Waals surface area (Å²) in [5, 5.41) is 0. The third-order valence-corrected chi connectivity index (χ3v) is 5.15. The van der Waals surface area contributed by atoms with Crippen molar-refractivity contribution in [1.29, 1.82) is 0 Å². The van der Waals surface area contributed by atoms with Gasteiger partial charge < -0.3 is 5.73 Å². The first kappa shape index (κ1) is 15.5. The molecule has 0 spiro atoms. The van der Waals surface area contributed by atoms with Crippen molar-refractivity contribution in [1.82, 2.24) is 4.90 Å². The fourth-order valence-electron chi connectivity index (χ4n) is 3.35. The minimum Gasteiger partial charge on any atom is -0.326 e. The first-order valence-electron chi connectivity index (χ1n) is 7.98. The predicted molar refractivity (Wildman–Crippen MR) is 87.1 cm³/mol. The van der Waals surface area contributed by atoms with Crippen molar-refractivity contribution < 1.29 is 0 Å². The summed E-state index contributed by atoms with van der Waals surface area (Å²) < 4.78 is 0. The zero-order valence-electron chi connectivity index (χ0n) is 13.6. The van der Waals surface area contributed by atoms with Gasteiger partial charge in [-0.2, -0.15) is 0 Å². The van der Waals surface area contributed by atoms with Crippen molar-refractivity contribution in [2.24, 2.45) is 5.73 Å². The molecule has 2 N–H and O–H groups in total. The number of benzene rings is 1. The van der Waals surface area contributed by atoms with Crippen molar-refractivity contribution >= 4 is 0 Å². The molecule has 0 saturated carbocycles. The molecule has 20 heavy (non-hydrogen) atoms. The summed E-state index contributed by atoms with van der Waals surface area (Å²) in [6.07, 6.45) is 4.99. The molecular formula is C18H30N2. The first-order chi connectivity index (χ1) is 9.43. The Kier molecular flexibility index (Phi) is 4.87. The Morgan fingerprint density at radius 1 is 1.10 bits per heavy atom. The molecule has 1 fully saturated rings. The van der Waals surface area contributed by atoms with Gasteiger partial charge in [0.2, 0.25) is 0 Å². The summed E-state index contributed by atoms with van der Waals surface area (Å²) in [7, 11) is 0. The first-order valence-corrected chi connectivity index (χ1v) is 7.98. The van der Waals surface area contributed by atoms with E-state index in [0.717, 1.165) is 6.42 Å². The van der Waals surface area contributed by atoms with E-state index in [4.69, 9.17) is 5.73 Å². The number of likely N-dealkylation sites (tertiary alicyclic amines) is 1. The van der Waals surface area contributed by atoms with E-state index in [-0.39, 0.29) is 11.6 Å². The van der Waals surface area contributed by atoms with Crippen molar-refractivity contribution in [2.75, 3.05) is 13.1 Å². The lowest BCUT2D eigenvalue weighted by Crippen LogP contribution is -2.58. The van der Waals surface area contributed by atoms with E-state index < -0.39 is 0 Å². The van der Waals surface area contributed by atoms with Gasteiger partial charge in [0.1, 0.15) is 0 Å². The van der Waals surface area contributed by atoms with Crippen molar-refractivity contribution in [3.05, 3.63) is 34.9 Å². The van der Waals surface area contributed by atoms with Crippen LogP contribution < -0.4 is 5.73 Å². The van der Waals surface area contributed by atoms with Crippen LogP contribution in [0.4, 0.5) is 0 Å². The van der Waals surface area contributed by atoms with Crippen molar-refractivity contribution in [3.63, 3.8) is 0 Å². The number of aryl methyl sites for hydroxylation is 2. The Morgan fingerprint density at radius 2 is 1.65 bits per heavy atom.